The van der Waals surface area contributed by atoms with E-state index < -0.39 is 0 Å². The van der Waals surface area contributed by atoms with Gasteiger partial charge in [-0.1, -0.05) is 0 Å². The molecule has 0 radical (unpaired) electrons. The summed E-state index contributed by atoms with van der Waals surface area (Å²) in [6, 6.07) is 1.81. The van der Waals surface area contributed by atoms with Crippen LogP contribution < -0.4 is 5.73 Å². The van der Waals surface area contributed by atoms with Crippen molar-refractivity contribution in [3.8, 4) is 0 Å². The summed E-state index contributed by atoms with van der Waals surface area (Å²) < 4.78 is 4.54. The first-order valence-electron chi connectivity index (χ1n) is 3.58. The highest BCUT2D eigenvalue weighted by molar-refractivity contribution is 5.85. The molecule has 1 aromatic heterocycles. The van der Waals surface area contributed by atoms with Gasteiger partial charge in [0, 0.05) is 12.6 Å². The molecule has 0 aliphatic rings. The topological polar surface area (TPSA) is 65.2 Å². The molecule has 0 spiro atoms. The van der Waals surface area contributed by atoms with Gasteiger partial charge in [0.1, 0.15) is 0 Å². The lowest BCUT2D eigenvalue weighted by molar-refractivity contribution is -0.128. The SMILES string of the molecule is Cl.Nc1cnccc1CCOC=O. The lowest BCUT2D eigenvalue weighted by Crippen LogP contribution is -2.00. The van der Waals surface area contributed by atoms with Crippen molar-refractivity contribution in [2.75, 3.05) is 12.3 Å². The summed E-state index contributed by atoms with van der Waals surface area (Å²) in [5, 5.41) is 0. The predicted molar refractivity (Wildman–Crippen MR) is 51.6 cm³/mol. The fourth-order valence-electron chi connectivity index (χ4n) is 0.880. The van der Waals surface area contributed by atoms with E-state index in [4.69, 9.17) is 5.73 Å². The molecule has 0 fully saturated rings. The first-order chi connectivity index (χ1) is 5.84. The Balaban J connectivity index is 0.00000144. The third kappa shape index (κ3) is 3.75. The molecule has 1 aromatic rings. The molecule has 0 aliphatic carbocycles. The Hall–Kier alpha value is -1.29. The minimum atomic E-state index is 0. The van der Waals surface area contributed by atoms with Gasteiger partial charge >= 0.3 is 0 Å². The number of ether oxygens (including phenoxy) is 1. The Kier molecular flexibility index (Phi) is 5.63. The zero-order chi connectivity index (χ0) is 8.81. The number of nitrogens with zero attached hydrogens (tertiary/aromatic N) is 1. The van der Waals surface area contributed by atoms with E-state index in [9.17, 15) is 4.79 Å². The predicted octanol–water partition coefficient (Wildman–Crippen LogP) is 0.801. The molecule has 0 atom stereocenters. The molecule has 0 unspecified atom stereocenters. The van der Waals surface area contributed by atoms with E-state index >= 15 is 0 Å². The standard InChI is InChI=1S/C8H10N2O2.ClH/c9-8-5-10-3-1-7(8)2-4-12-6-11;/h1,3,5-6H,2,4,9H2;1H. The van der Waals surface area contributed by atoms with Crippen LogP contribution in [-0.4, -0.2) is 18.1 Å². The van der Waals surface area contributed by atoms with Gasteiger partial charge in [0.15, 0.2) is 0 Å². The Bertz CT molecular complexity index is 268. The van der Waals surface area contributed by atoms with Gasteiger partial charge < -0.3 is 10.5 Å². The second kappa shape index (κ2) is 6.25. The second-order valence-electron chi connectivity index (χ2n) is 2.29. The summed E-state index contributed by atoms with van der Waals surface area (Å²) in [5.41, 5.74) is 7.18. The van der Waals surface area contributed by atoms with Gasteiger partial charge in [-0.25, -0.2) is 0 Å². The molecular formula is C8H11ClN2O2. The number of anilines is 1. The van der Waals surface area contributed by atoms with Gasteiger partial charge in [-0.3, -0.25) is 9.78 Å². The number of hydrogen-bond acceptors (Lipinski definition) is 4. The number of halogens is 1. The summed E-state index contributed by atoms with van der Waals surface area (Å²) >= 11 is 0. The van der Waals surface area contributed by atoms with Gasteiger partial charge in [0.05, 0.1) is 18.5 Å². The van der Waals surface area contributed by atoms with Crippen LogP contribution in [0, 0.1) is 0 Å². The molecule has 0 aromatic carbocycles. The lowest BCUT2D eigenvalue weighted by Gasteiger charge is -2.02. The van der Waals surface area contributed by atoms with Crippen molar-refractivity contribution >= 4 is 24.6 Å². The van der Waals surface area contributed by atoms with Crippen molar-refractivity contribution in [2.24, 2.45) is 0 Å². The quantitative estimate of drug-likeness (QED) is 0.580. The van der Waals surface area contributed by atoms with E-state index in [-0.39, 0.29) is 12.4 Å². The summed E-state index contributed by atoms with van der Waals surface area (Å²) in [5.74, 6) is 0. The summed E-state index contributed by atoms with van der Waals surface area (Å²) in [4.78, 5) is 13.7. The monoisotopic (exact) mass is 202 g/mol. The normalized spacial score (nSPS) is 8.62. The van der Waals surface area contributed by atoms with Crippen molar-refractivity contribution in [1.82, 2.24) is 4.98 Å². The van der Waals surface area contributed by atoms with Crippen LogP contribution in [0.2, 0.25) is 0 Å². The third-order valence-corrected chi connectivity index (χ3v) is 1.50. The summed E-state index contributed by atoms with van der Waals surface area (Å²) in [6.07, 6.45) is 3.87. The first-order valence-corrected chi connectivity index (χ1v) is 3.58. The Morgan fingerprint density at radius 3 is 3.00 bits per heavy atom. The number of rotatable bonds is 4. The molecule has 1 heterocycles. The molecular weight excluding hydrogens is 192 g/mol. The van der Waals surface area contributed by atoms with Crippen LogP contribution in [0.25, 0.3) is 0 Å². The fourth-order valence-corrected chi connectivity index (χ4v) is 0.880. The number of aromatic nitrogens is 1. The number of nitrogens with two attached hydrogens (primary N) is 1. The zero-order valence-electron chi connectivity index (χ0n) is 6.97. The largest absolute Gasteiger partial charge is 0.468 e. The molecule has 72 valence electrons. The highest BCUT2D eigenvalue weighted by Gasteiger charge is 1.97. The van der Waals surface area contributed by atoms with Crippen LogP contribution in [0.5, 0.6) is 0 Å². The van der Waals surface area contributed by atoms with E-state index in [1.807, 2.05) is 6.07 Å². The maximum atomic E-state index is 9.81. The highest BCUT2D eigenvalue weighted by Crippen LogP contribution is 2.08. The van der Waals surface area contributed by atoms with Gasteiger partial charge in [0.2, 0.25) is 0 Å². The fraction of sp³-hybridized carbons (Fsp3) is 0.250. The Morgan fingerprint density at radius 2 is 2.38 bits per heavy atom. The Morgan fingerprint density at radius 1 is 1.62 bits per heavy atom. The number of hydrogen-bond donors (Lipinski definition) is 1. The molecule has 13 heavy (non-hydrogen) atoms. The van der Waals surface area contributed by atoms with E-state index in [1.54, 1.807) is 12.4 Å². The van der Waals surface area contributed by atoms with Crippen molar-refractivity contribution in [2.45, 2.75) is 6.42 Å². The summed E-state index contributed by atoms with van der Waals surface area (Å²) in [7, 11) is 0. The number of carbonyl (C=O) groups excluding carboxylic acids is 1. The van der Waals surface area contributed by atoms with Crippen LogP contribution >= 0.6 is 12.4 Å². The number of nitrogen functional groups attached to an aromatic ring is 1. The van der Waals surface area contributed by atoms with E-state index in [1.165, 1.54) is 0 Å². The molecule has 1 rings (SSSR count). The highest BCUT2D eigenvalue weighted by atomic mass is 35.5. The van der Waals surface area contributed by atoms with E-state index in [2.05, 4.69) is 9.72 Å². The van der Waals surface area contributed by atoms with Crippen molar-refractivity contribution in [1.29, 1.82) is 0 Å². The molecule has 0 saturated heterocycles. The van der Waals surface area contributed by atoms with Crippen molar-refractivity contribution < 1.29 is 9.53 Å². The Labute approximate surface area is 82.5 Å². The first kappa shape index (κ1) is 11.7. The van der Waals surface area contributed by atoms with Gasteiger partial charge in [-0.15, -0.1) is 12.4 Å². The third-order valence-electron chi connectivity index (χ3n) is 1.50. The van der Waals surface area contributed by atoms with Gasteiger partial charge in [-0.05, 0) is 11.6 Å². The van der Waals surface area contributed by atoms with Crippen molar-refractivity contribution in [3.05, 3.63) is 24.0 Å². The number of carbonyl (C=O) groups is 1. The molecule has 5 heteroatoms. The minimum absolute atomic E-state index is 0. The van der Waals surface area contributed by atoms with Crippen LogP contribution in [0.3, 0.4) is 0 Å². The maximum Gasteiger partial charge on any atom is 0.293 e. The zero-order valence-corrected chi connectivity index (χ0v) is 7.79. The number of pyridine rings is 1. The van der Waals surface area contributed by atoms with Crippen LogP contribution in [-0.2, 0) is 16.0 Å². The molecule has 4 nitrogen and oxygen atoms in total. The molecule has 2 N–H and O–H groups in total. The van der Waals surface area contributed by atoms with E-state index in [0.29, 0.717) is 25.2 Å². The van der Waals surface area contributed by atoms with Crippen LogP contribution in [0.15, 0.2) is 18.5 Å². The molecule has 0 amide bonds. The van der Waals surface area contributed by atoms with Gasteiger partial charge in [0.25, 0.3) is 6.47 Å². The molecule has 0 saturated carbocycles. The average molecular weight is 203 g/mol. The smallest absolute Gasteiger partial charge is 0.293 e. The van der Waals surface area contributed by atoms with E-state index in [0.717, 1.165) is 5.56 Å². The molecule has 0 aliphatic heterocycles. The summed E-state index contributed by atoms with van der Waals surface area (Å²) in [6.45, 7) is 0.787. The lowest BCUT2D eigenvalue weighted by atomic mass is 10.2. The second-order valence-corrected chi connectivity index (χ2v) is 2.29. The van der Waals surface area contributed by atoms with Crippen molar-refractivity contribution in [3.63, 3.8) is 0 Å². The van der Waals surface area contributed by atoms with Crippen LogP contribution in [0.1, 0.15) is 5.56 Å². The molecule has 0 bridgehead atoms. The maximum absolute atomic E-state index is 9.81. The van der Waals surface area contributed by atoms with Gasteiger partial charge in [-0.2, -0.15) is 0 Å². The van der Waals surface area contributed by atoms with Crippen LogP contribution in [0.4, 0.5) is 5.69 Å². The minimum Gasteiger partial charge on any atom is -0.468 e. The average Bonchev–Trinajstić information content (AvgIpc) is 2.09.